The molecule has 0 spiro atoms. The van der Waals surface area contributed by atoms with E-state index in [1.165, 1.54) is 32.1 Å². The molecule has 0 saturated heterocycles. The summed E-state index contributed by atoms with van der Waals surface area (Å²) in [6, 6.07) is 5.98. The Morgan fingerprint density at radius 1 is 1.29 bits per heavy atom. The molecular formula is C15H23NO. The smallest absolute Gasteiger partial charge is 0.120 e. The van der Waals surface area contributed by atoms with Crippen LogP contribution in [0.3, 0.4) is 0 Å². The Balaban J connectivity index is 2.05. The predicted octanol–water partition coefficient (Wildman–Crippen LogP) is 3.92. The summed E-state index contributed by atoms with van der Waals surface area (Å²) < 4.78 is 6.14. The van der Waals surface area contributed by atoms with Crippen molar-refractivity contribution in [2.75, 3.05) is 5.73 Å². The minimum atomic E-state index is 0.400. The molecule has 0 amide bonds. The third-order valence-electron chi connectivity index (χ3n) is 3.89. The van der Waals surface area contributed by atoms with Gasteiger partial charge in [0.05, 0.1) is 0 Å². The molecule has 0 bridgehead atoms. The van der Waals surface area contributed by atoms with Crippen molar-refractivity contribution in [3.8, 4) is 5.75 Å². The summed E-state index contributed by atoms with van der Waals surface area (Å²) in [5.41, 5.74) is 7.76. The maximum Gasteiger partial charge on any atom is 0.120 e. The molecule has 0 aliphatic heterocycles. The Kier molecular flexibility index (Phi) is 3.93. The Morgan fingerprint density at radius 2 is 2.06 bits per heavy atom. The van der Waals surface area contributed by atoms with Crippen LogP contribution in [-0.2, 0) is 0 Å². The third kappa shape index (κ3) is 2.93. The molecule has 2 heteroatoms. The third-order valence-corrected chi connectivity index (χ3v) is 3.89. The SMILES string of the molecule is CCC1CCCCC1Oc1ccc(N)c(C)c1. The number of hydrogen-bond acceptors (Lipinski definition) is 2. The first-order valence-corrected chi connectivity index (χ1v) is 6.73. The lowest BCUT2D eigenvalue weighted by Gasteiger charge is -2.31. The first-order valence-electron chi connectivity index (χ1n) is 6.73. The van der Waals surface area contributed by atoms with Gasteiger partial charge in [-0.25, -0.2) is 0 Å². The predicted molar refractivity (Wildman–Crippen MR) is 72.3 cm³/mol. The van der Waals surface area contributed by atoms with Crippen molar-refractivity contribution in [1.82, 2.24) is 0 Å². The molecule has 0 heterocycles. The monoisotopic (exact) mass is 233 g/mol. The largest absolute Gasteiger partial charge is 0.490 e. The topological polar surface area (TPSA) is 35.2 Å². The van der Waals surface area contributed by atoms with Crippen molar-refractivity contribution >= 4 is 5.69 Å². The van der Waals surface area contributed by atoms with E-state index in [9.17, 15) is 0 Å². The molecule has 1 fully saturated rings. The minimum absolute atomic E-state index is 0.400. The minimum Gasteiger partial charge on any atom is -0.490 e. The van der Waals surface area contributed by atoms with Crippen molar-refractivity contribution in [1.29, 1.82) is 0 Å². The highest BCUT2D eigenvalue weighted by Crippen LogP contribution is 2.31. The molecule has 2 unspecified atom stereocenters. The van der Waals surface area contributed by atoms with Crippen molar-refractivity contribution in [3.63, 3.8) is 0 Å². The molecule has 1 aliphatic rings. The van der Waals surface area contributed by atoms with Gasteiger partial charge in [0.2, 0.25) is 0 Å². The Bertz CT molecular complexity index is 375. The summed E-state index contributed by atoms with van der Waals surface area (Å²) in [6.07, 6.45) is 6.79. The van der Waals surface area contributed by atoms with Crippen LogP contribution in [0.4, 0.5) is 5.69 Å². The van der Waals surface area contributed by atoms with E-state index < -0.39 is 0 Å². The molecule has 0 radical (unpaired) electrons. The lowest BCUT2D eigenvalue weighted by Crippen LogP contribution is -2.29. The van der Waals surface area contributed by atoms with Gasteiger partial charge >= 0.3 is 0 Å². The summed E-state index contributed by atoms with van der Waals surface area (Å²) in [6.45, 7) is 4.29. The molecule has 2 rings (SSSR count). The zero-order valence-electron chi connectivity index (χ0n) is 10.9. The normalized spacial score (nSPS) is 24.6. The van der Waals surface area contributed by atoms with Gasteiger partial charge < -0.3 is 10.5 Å². The lowest BCUT2D eigenvalue weighted by molar-refractivity contribution is 0.0903. The fraction of sp³-hybridized carbons (Fsp3) is 0.600. The summed E-state index contributed by atoms with van der Waals surface area (Å²) in [5, 5.41) is 0. The summed E-state index contributed by atoms with van der Waals surface area (Å²) in [4.78, 5) is 0. The number of benzene rings is 1. The Labute approximate surface area is 104 Å². The molecule has 1 saturated carbocycles. The van der Waals surface area contributed by atoms with Crippen LogP contribution >= 0.6 is 0 Å². The first-order chi connectivity index (χ1) is 8.20. The van der Waals surface area contributed by atoms with Crippen LogP contribution in [0.2, 0.25) is 0 Å². The number of anilines is 1. The van der Waals surface area contributed by atoms with Gasteiger partial charge in [0, 0.05) is 5.69 Å². The van der Waals surface area contributed by atoms with Gasteiger partial charge in [-0.15, -0.1) is 0 Å². The van der Waals surface area contributed by atoms with E-state index in [1.54, 1.807) is 0 Å². The molecule has 1 aliphatic carbocycles. The second-order valence-electron chi connectivity index (χ2n) is 5.13. The Morgan fingerprint density at radius 3 is 2.76 bits per heavy atom. The van der Waals surface area contributed by atoms with Gasteiger partial charge in [-0.05, 0) is 62.3 Å². The number of aryl methyl sites for hydroxylation is 1. The zero-order chi connectivity index (χ0) is 12.3. The summed E-state index contributed by atoms with van der Waals surface area (Å²) >= 11 is 0. The number of nitrogens with two attached hydrogens (primary N) is 1. The zero-order valence-corrected chi connectivity index (χ0v) is 10.9. The van der Waals surface area contributed by atoms with Gasteiger partial charge in [0.25, 0.3) is 0 Å². The van der Waals surface area contributed by atoms with Gasteiger partial charge in [0.1, 0.15) is 11.9 Å². The van der Waals surface area contributed by atoms with E-state index >= 15 is 0 Å². The van der Waals surface area contributed by atoms with E-state index in [0.717, 1.165) is 22.9 Å². The van der Waals surface area contributed by atoms with Gasteiger partial charge in [-0.3, -0.25) is 0 Å². The lowest BCUT2D eigenvalue weighted by atomic mass is 9.85. The van der Waals surface area contributed by atoms with Crippen LogP contribution in [0.1, 0.15) is 44.6 Å². The maximum atomic E-state index is 6.14. The number of hydrogen-bond donors (Lipinski definition) is 1. The van der Waals surface area contributed by atoms with Crippen molar-refractivity contribution in [2.45, 2.75) is 52.1 Å². The van der Waals surface area contributed by atoms with Crippen LogP contribution < -0.4 is 10.5 Å². The highest BCUT2D eigenvalue weighted by atomic mass is 16.5. The van der Waals surface area contributed by atoms with E-state index in [4.69, 9.17) is 10.5 Å². The summed E-state index contributed by atoms with van der Waals surface area (Å²) in [5.74, 6) is 1.70. The van der Waals surface area contributed by atoms with Crippen LogP contribution in [0.15, 0.2) is 18.2 Å². The highest BCUT2D eigenvalue weighted by molar-refractivity contribution is 5.49. The van der Waals surface area contributed by atoms with Crippen LogP contribution in [-0.4, -0.2) is 6.10 Å². The average Bonchev–Trinajstić information content (AvgIpc) is 2.34. The molecule has 2 nitrogen and oxygen atoms in total. The molecular weight excluding hydrogens is 210 g/mol. The number of rotatable bonds is 3. The van der Waals surface area contributed by atoms with E-state index in [0.29, 0.717) is 6.10 Å². The van der Waals surface area contributed by atoms with Crippen LogP contribution in [0.5, 0.6) is 5.75 Å². The van der Waals surface area contributed by atoms with Gasteiger partial charge in [-0.2, -0.15) is 0 Å². The molecule has 17 heavy (non-hydrogen) atoms. The Hall–Kier alpha value is -1.18. The molecule has 0 aromatic heterocycles. The van der Waals surface area contributed by atoms with Gasteiger partial charge in [-0.1, -0.05) is 13.3 Å². The van der Waals surface area contributed by atoms with Crippen LogP contribution in [0, 0.1) is 12.8 Å². The first kappa shape index (κ1) is 12.3. The molecule has 2 atom stereocenters. The molecule has 1 aromatic carbocycles. The quantitative estimate of drug-likeness (QED) is 0.803. The second-order valence-corrected chi connectivity index (χ2v) is 5.13. The molecule has 2 N–H and O–H groups in total. The standard InChI is InChI=1S/C15H23NO/c1-3-12-6-4-5-7-15(12)17-13-8-9-14(16)11(2)10-13/h8-10,12,15H,3-7,16H2,1-2H3. The molecule has 1 aromatic rings. The number of nitrogen functional groups attached to an aromatic ring is 1. The molecule has 94 valence electrons. The van der Waals surface area contributed by atoms with Crippen LogP contribution in [0.25, 0.3) is 0 Å². The van der Waals surface area contributed by atoms with Crippen molar-refractivity contribution in [3.05, 3.63) is 23.8 Å². The van der Waals surface area contributed by atoms with E-state index in [-0.39, 0.29) is 0 Å². The second kappa shape index (κ2) is 5.44. The fourth-order valence-electron chi connectivity index (χ4n) is 2.69. The number of ether oxygens (including phenoxy) is 1. The van der Waals surface area contributed by atoms with Gasteiger partial charge in [0.15, 0.2) is 0 Å². The van der Waals surface area contributed by atoms with E-state index in [2.05, 4.69) is 13.0 Å². The van der Waals surface area contributed by atoms with Crippen molar-refractivity contribution in [2.24, 2.45) is 5.92 Å². The average molecular weight is 233 g/mol. The van der Waals surface area contributed by atoms with E-state index in [1.807, 2.05) is 19.1 Å². The highest BCUT2D eigenvalue weighted by Gasteiger charge is 2.25. The maximum absolute atomic E-state index is 6.14. The fourth-order valence-corrected chi connectivity index (χ4v) is 2.69. The summed E-state index contributed by atoms with van der Waals surface area (Å²) in [7, 11) is 0. The van der Waals surface area contributed by atoms with Crippen molar-refractivity contribution < 1.29 is 4.74 Å².